The number of amides is 2. The van der Waals surface area contributed by atoms with Crippen molar-refractivity contribution in [1.82, 2.24) is 5.32 Å². The number of benzene rings is 1. The topological polar surface area (TPSA) is 78.4 Å². The highest BCUT2D eigenvalue weighted by molar-refractivity contribution is 6.39. The van der Waals surface area contributed by atoms with Gasteiger partial charge >= 0.3 is 11.8 Å². The van der Waals surface area contributed by atoms with Crippen molar-refractivity contribution in [2.45, 2.75) is 25.4 Å². The first kappa shape index (κ1) is 15.4. The molecule has 5 nitrogen and oxygen atoms in total. The van der Waals surface area contributed by atoms with Crippen molar-refractivity contribution in [2.75, 3.05) is 11.9 Å². The predicted molar refractivity (Wildman–Crippen MR) is 71.3 cm³/mol. The fourth-order valence-corrected chi connectivity index (χ4v) is 2.33. The van der Waals surface area contributed by atoms with Gasteiger partial charge in [-0.2, -0.15) is 0 Å². The van der Waals surface area contributed by atoms with Gasteiger partial charge in [0.25, 0.3) is 0 Å². The van der Waals surface area contributed by atoms with Gasteiger partial charge in [0.2, 0.25) is 0 Å². The van der Waals surface area contributed by atoms with E-state index in [-0.39, 0.29) is 12.5 Å². The normalized spacial score (nSPS) is 21.1. The van der Waals surface area contributed by atoms with Crippen LogP contribution in [0.4, 0.5) is 14.5 Å². The quantitative estimate of drug-likeness (QED) is 0.733. The summed E-state index contributed by atoms with van der Waals surface area (Å²) in [5, 5.41) is 14.0. The average molecular weight is 298 g/mol. The molecule has 0 heterocycles. The van der Waals surface area contributed by atoms with E-state index < -0.39 is 35.2 Å². The Kier molecular flexibility index (Phi) is 4.85. The van der Waals surface area contributed by atoms with Gasteiger partial charge in [0.1, 0.15) is 11.6 Å². The summed E-state index contributed by atoms with van der Waals surface area (Å²) in [5.74, 6) is -3.65. The number of halogens is 2. The van der Waals surface area contributed by atoms with E-state index in [4.69, 9.17) is 0 Å². The van der Waals surface area contributed by atoms with E-state index in [1.54, 1.807) is 0 Å². The standard InChI is InChI=1S/C14H16F2N2O3/c15-9-4-5-10(16)11(6-9)18-14(21)13(20)17-7-8-2-1-3-12(8)19/h4-6,8,12,19H,1-3,7H2,(H,17,20)(H,18,21). The van der Waals surface area contributed by atoms with E-state index in [2.05, 4.69) is 5.32 Å². The Labute approximate surface area is 120 Å². The first-order valence-electron chi connectivity index (χ1n) is 6.69. The highest BCUT2D eigenvalue weighted by atomic mass is 19.1. The van der Waals surface area contributed by atoms with Crippen LogP contribution >= 0.6 is 0 Å². The summed E-state index contributed by atoms with van der Waals surface area (Å²) in [7, 11) is 0. The van der Waals surface area contributed by atoms with Crippen molar-refractivity contribution in [2.24, 2.45) is 5.92 Å². The molecule has 0 spiro atoms. The maximum atomic E-state index is 13.3. The van der Waals surface area contributed by atoms with Gasteiger partial charge in [0.15, 0.2) is 0 Å². The molecule has 0 bridgehead atoms. The lowest BCUT2D eigenvalue weighted by Gasteiger charge is -2.14. The predicted octanol–water partition coefficient (Wildman–Crippen LogP) is 1.18. The molecule has 1 aromatic rings. The first-order chi connectivity index (χ1) is 9.97. The van der Waals surface area contributed by atoms with Gasteiger partial charge in [-0.3, -0.25) is 9.59 Å². The van der Waals surface area contributed by atoms with Crippen LogP contribution < -0.4 is 10.6 Å². The number of rotatable bonds is 3. The molecule has 1 saturated carbocycles. The molecule has 1 aliphatic rings. The summed E-state index contributed by atoms with van der Waals surface area (Å²) < 4.78 is 26.3. The second-order valence-corrected chi connectivity index (χ2v) is 5.05. The van der Waals surface area contributed by atoms with E-state index in [9.17, 15) is 23.5 Å². The van der Waals surface area contributed by atoms with Crippen LogP contribution in [0.5, 0.6) is 0 Å². The molecule has 1 fully saturated rings. The first-order valence-corrected chi connectivity index (χ1v) is 6.69. The van der Waals surface area contributed by atoms with Gasteiger partial charge in [0.05, 0.1) is 11.8 Å². The summed E-state index contributed by atoms with van der Waals surface area (Å²) in [6.07, 6.45) is 1.86. The van der Waals surface area contributed by atoms with Crippen molar-refractivity contribution >= 4 is 17.5 Å². The van der Waals surface area contributed by atoms with Crippen molar-refractivity contribution in [3.8, 4) is 0 Å². The SMILES string of the molecule is O=C(NCC1CCCC1O)C(=O)Nc1cc(F)ccc1F. The van der Waals surface area contributed by atoms with Crippen molar-refractivity contribution < 1.29 is 23.5 Å². The number of carbonyl (C=O) groups excluding carboxylic acids is 2. The van der Waals surface area contributed by atoms with Gasteiger partial charge in [-0.15, -0.1) is 0 Å². The lowest BCUT2D eigenvalue weighted by molar-refractivity contribution is -0.136. The monoisotopic (exact) mass is 298 g/mol. The minimum absolute atomic E-state index is 0.0762. The van der Waals surface area contributed by atoms with Crippen LogP contribution in [0.1, 0.15) is 19.3 Å². The number of nitrogens with one attached hydrogen (secondary N) is 2. The Balaban J connectivity index is 1.87. The molecule has 0 aliphatic heterocycles. The molecule has 2 amide bonds. The molecule has 1 aliphatic carbocycles. The van der Waals surface area contributed by atoms with Crippen LogP contribution in [-0.4, -0.2) is 29.6 Å². The van der Waals surface area contributed by atoms with E-state index in [0.29, 0.717) is 6.42 Å². The molecule has 7 heteroatoms. The van der Waals surface area contributed by atoms with Crippen LogP contribution in [0, 0.1) is 17.6 Å². The smallest absolute Gasteiger partial charge is 0.313 e. The highest BCUT2D eigenvalue weighted by Crippen LogP contribution is 2.24. The van der Waals surface area contributed by atoms with Crippen molar-refractivity contribution in [1.29, 1.82) is 0 Å². The Morgan fingerprint density at radius 3 is 2.67 bits per heavy atom. The molecule has 21 heavy (non-hydrogen) atoms. The molecular formula is C14H16F2N2O3. The number of aliphatic hydroxyl groups is 1. The summed E-state index contributed by atoms with van der Waals surface area (Å²) >= 11 is 0. The molecule has 1 aromatic carbocycles. The number of hydrogen-bond donors (Lipinski definition) is 3. The lowest BCUT2D eigenvalue weighted by Crippen LogP contribution is -2.39. The van der Waals surface area contributed by atoms with E-state index in [1.165, 1.54) is 0 Å². The van der Waals surface area contributed by atoms with Gasteiger partial charge in [-0.25, -0.2) is 8.78 Å². The Morgan fingerprint density at radius 2 is 2.00 bits per heavy atom. The summed E-state index contributed by atoms with van der Waals surface area (Å²) in [5.41, 5.74) is -0.393. The average Bonchev–Trinajstić information content (AvgIpc) is 2.85. The largest absolute Gasteiger partial charge is 0.393 e. The van der Waals surface area contributed by atoms with E-state index >= 15 is 0 Å². The minimum Gasteiger partial charge on any atom is -0.393 e. The zero-order valence-corrected chi connectivity index (χ0v) is 11.2. The van der Waals surface area contributed by atoms with Crippen molar-refractivity contribution in [3.63, 3.8) is 0 Å². The molecular weight excluding hydrogens is 282 g/mol. The maximum absolute atomic E-state index is 13.3. The number of hydrogen-bond acceptors (Lipinski definition) is 3. The number of aliphatic hydroxyl groups excluding tert-OH is 1. The zero-order valence-electron chi connectivity index (χ0n) is 11.2. The fourth-order valence-electron chi connectivity index (χ4n) is 2.33. The molecule has 0 radical (unpaired) electrons. The van der Waals surface area contributed by atoms with Crippen LogP contribution in [0.2, 0.25) is 0 Å². The van der Waals surface area contributed by atoms with Gasteiger partial charge < -0.3 is 15.7 Å². The molecule has 114 valence electrons. The third-order valence-electron chi connectivity index (χ3n) is 3.53. The third kappa shape index (κ3) is 3.98. The van der Waals surface area contributed by atoms with E-state index in [1.807, 2.05) is 5.32 Å². The molecule has 0 saturated heterocycles. The third-order valence-corrected chi connectivity index (χ3v) is 3.53. The maximum Gasteiger partial charge on any atom is 0.313 e. The van der Waals surface area contributed by atoms with Gasteiger partial charge in [0, 0.05) is 18.5 Å². The van der Waals surface area contributed by atoms with Crippen LogP contribution in [0.3, 0.4) is 0 Å². The molecule has 2 unspecified atom stereocenters. The lowest BCUT2D eigenvalue weighted by atomic mass is 10.1. The Morgan fingerprint density at radius 1 is 1.24 bits per heavy atom. The van der Waals surface area contributed by atoms with Gasteiger partial charge in [-0.05, 0) is 25.0 Å². The summed E-state index contributed by atoms with van der Waals surface area (Å²) in [4.78, 5) is 23.2. The van der Waals surface area contributed by atoms with E-state index in [0.717, 1.165) is 31.0 Å². The summed E-state index contributed by atoms with van der Waals surface area (Å²) in [6, 6.07) is 2.56. The fraction of sp³-hybridized carbons (Fsp3) is 0.429. The molecule has 2 rings (SSSR count). The second-order valence-electron chi connectivity index (χ2n) is 5.05. The number of carbonyl (C=O) groups is 2. The zero-order chi connectivity index (χ0) is 15.4. The summed E-state index contributed by atoms with van der Waals surface area (Å²) in [6.45, 7) is 0.180. The Bertz CT molecular complexity index is 551. The molecule has 2 atom stereocenters. The molecule has 0 aromatic heterocycles. The highest BCUT2D eigenvalue weighted by Gasteiger charge is 2.26. The van der Waals surface area contributed by atoms with Crippen LogP contribution in [0.15, 0.2) is 18.2 Å². The molecule has 3 N–H and O–H groups in total. The van der Waals surface area contributed by atoms with Crippen LogP contribution in [0.25, 0.3) is 0 Å². The second kappa shape index (κ2) is 6.62. The number of anilines is 1. The van der Waals surface area contributed by atoms with Crippen molar-refractivity contribution in [3.05, 3.63) is 29.8 Å². The minimum atomic E-state index is -1.08. The Hall–Kier alpha value is -2.02. The van der Waals surface area contributed by atoms with Gasteiger partial charge in [-0.1, -0.05) is 6.42 Å². The van der Waals surface area contributed by atoms with Crippen LogP contribution in [-0.2, 0) is 9.59 Å².